The van der Waals surface area contributed by atoms with Gasteiger partial charge in [0.2, 0.25) is 10.0 Å². The first kappa shape index (κ1) is 16.5. The Kier molecular flexibility index (Phi) is 5.79. The molecule has 1 aromatic carbocycles. The van der Waals surface area contributed by atoms with E-state index in [1.807, 2.05) is 38.2 Å². The Morgan fingerprint density at radius 1 is 1.24 bits per heavy atom. The molecule has 1 unspecified atom stereocenters. The summed E-state index contributed by atoms with van der Waals surface area (Å²) in [7, 11) is -1.39. The molecule has 1 aromatic rings. The van der Waals surface area contributed by atoms with Crippen LogP contribution in [0.15, 0.2) is 24.3 Å². The normalized spacial score (nSPS) is 18.0. The van der Waals surface area contributed by atoms with Crippen LogP contribution in [0.1, 0.15) is 43.7 Å². The Hall–Kier alpha value is -0.910. The molecule has 1 atom stereocenters. The zero-order chi connectivity index (χ0) is 15.3. The molecule has 118 valence electrons. The Morgan fingerprint density at radius 2 is 1.90 bits per heavy atom. The van der Waals surface area contributed by atoms with Crippen molar-refractivity contribution in [3.05, 3.63) is 35.4 Å². The molecular formula is C16H26N2O2S. The summed E-state index contributed by atoms with van der Waals surface area (Å²) >= 11 is 0. The number of hydrogen-bond donors (Lipinski definition) is 2. The smallest absolute Gasteiger partial charge is 0.216 e. The van der Waals surface area contributed by atoms with Crippen LogP contribution in [0, 0.1) is 5.92 Å². The first-order chi connectivity index (χ1) is 10.00. The third-order valence-electron chi connectivity index (χ3n) is 4.20. The highest BCUT2D eigenvalue weighted by Gasteiger charge is 2.25. The summed E-state index contributed by atoms with van der Waals surface area (Å²) in [6.45, 7) is 2.74. The summed E-state index contributed by atoms with van der Waals surface area (Å²) in [5.41, 5.74) is 1.95. The molecule has 1 fully saturated rings. The fourth-order valence-corrected chi connectivity index (χ4v) is 4.59. The van der Waals surface area contributed by atoms with Gasteiger partial charge in [0.15, 0.2) is 0 Å². The molecule has 0 radical (unpaired) electrons. The van der Waals surface area contributed by atoms with E-state index in [2.05, 4.69) is 10.0 Å². The van der Waals surface area contributed by atoms with Crippen LogP contribution in [0.25, 0.3) is 0 Å². The van der Waals surface area contributed by atoms with Crippen molar-refractivity contribution >= 4 is 10.0 Å². The maximum absolute atomic E-state index is 12.3. The molecule has 0 saturated heterocycles. The molecule has 4 nitrogen and oxygen atoms in total. The van der Waals surface area contributed by atoms with Crippen LogP contribution in [-0.2, 0) is 22.3 Å². The van der Waals surface area contributed by atoms with Crippen LogP contribution < -0.4 is 10.0 Å². The summed E-state index contributed by atoms with van der Waals surface area (Å²) in [6, 6.07) is 7.78. The largest absolute Gasteiger partial charge is 0.316 e. The van der Waals surface area contributed by atoms with Crippen LogP contribution in [-0.4, -0.2) is 21.5 Å². The maximum Gasteiger partial charge on any atom is 0.216 e. The third kappa shape index (κ3) is 5.09. The predicted molar refractivity (Wildman–Crippen MR) is 86.4 cm³/mol. The van der Waals surface area contributed by atoms with E-state index in [0.717, 1.165) is 30.5 Å². The van der Waals surface area contributed by atoms with Crippen LogP contribution in [0.4, 0.5) is 0 Å². The molecule has 5 heteroatoms. The minimum Gasteiger partial charge on any atom is -0.316 e. The topological polar surface area (TPSA) is 58.2 Å². The number of hydrogen-bond acceptors (Lipinski definition) is 3. The van der Waals surface area contributed by atoms with E-state index >= 15 is 0 Å². The second-order valence-corrected chi connectivity index (χ2v) is 7.81. The van der Waals surface area contributed by atoms with E-state index in [4.69, 9.17) is 0 Å². The number of nitrogens with one attached hydrogen (secondary N) is 2. The first-order valence-corrected chi connectivity index (χ1v) is 9.38. The minimum absolute atomic E-state index is 0.0398. The van der Waals surface area contributed by atoms with Crippen molar-refractivity contribution in [1.82, 2.24) is 10.0 Å². The second kappa shape index (κ2) is 7.38. The van der Waals surface area contributed by atoms with Crippen molar-refractivity contribution in [2.75, 3.05) is 7.05 Å². The summed E-state index contributed by atoms with van der Waals surface area (Å²) < 4.78 is 27.5. The zero-order valence-corrected chi connectivity index (χ0v) is 13.7. The average molecular weight is 310 g/mol. The average Bonchev–Trinajstić information content (AvgIpc) is 2.92. The molecule has 0 aromatic heterocycles. The van der Waals surface area contributed by atoms with Gasteiger partial charge in [-0.25, -0.2) is 13.1 Å². The highest BCUT2D eigenvalue weighted by atomic mass is 32.2. The molecule has 1 saturated carbocycles. The van der Waals surface area contributed by atoms with Gasteiger partial charge in [-0.3, -0.25) is 0 Å². The molecular weight excluding hydrogens is 284 g/mol. The molecule has 0 aliphatic heterocycles. The van der Waals surface area contributed by atoms with Gasteiger partial charge in [0.25, 0.3) is 0 Å². The second-order valence-electron chi connectivity index (χ2n) is 6.06. The van der Waals surface area contributed by atoms with Gasteiger partial charge in [-0.2, -0.15) is 0 Å². The molecule has 2 N–H and O–H groups in total. The minimum atomic E-state index is -3.27. The van der Waals surface area contributed by atoms with Crippen molar-refractivity contribution in [2.45, 2.75) is 50.9 Å². The van der Waals surface area contributed by atoms with E-state index in [1.54, 1.807) is 0 Å². The number of benzene rings is 1. The van der Waals surface area contributed by atoms with Crippen molar-refractivity contribution < 1.29 is 8.42 Å². The van der Waals surface area contributed by atoms with Gasteiger partial charge in [-0.05, 0) is 43.9 Å². The summed E-state index contributed by atoms with van der Waals surface area (Å²) in [5, 5.41) is 3.08. The molecule has 21 heavy (non-hydrogen) atoms. The van der Waals surface area contributed by atoms with E-state index in [0.29, 0.717) is 5.92 Å². The van der Waals surface area contributed by atoms with Crippen LogP contribution in [0.2, 0.25) is 0 Å². The standard InChI is InChI=1S/C16H26N2O2S/c1-13(16-8-3-4-9-16)18-21(19,20)12-15-7-5-6-14(10-15)11-17-2/h5-7,10,13,16-18H,3-4,8-9,11-12H2,1-2H3. The van der Waals surface area contributed by atoms with Crippen molar-refractivity contribution in [3.63, 3.8) is 0 Å². The van der Waals surface area contributed by atoms with Crippen molar-refractivity contribution in [1.29, 1.82) is 0 Å². The van der Waals surface area contributed by atoms with Gasteiger partial charge in [0, 0.05) is 12.6 Å². The van der Waals surface area contributed by atoms with Gasteiger partial charge >= 0.3 is 0 Å². The van der Waals surface area contributed by atoms with Crippen LogP contribution in [0.3, 0.4) is 0 Å². The fourth-order valence-electron chi connectivity index (χ4n) is 3.13. The first-order valence-electron chi connectivity index (χ1n) is 7.72. The summed E-state index contributed by atoms with van der Waals surface area (Å²) in [5.74, 6) is 0.553. The van der Waals surface area contributed by atoms with Gasteiger partial charge < -0.3 is 5.32 Å². The monoisotopic (exact) mass is 310 g/mol. The molecule has 1 aliphatic rings. The number of rotatable bonds is 7. The summed E-state index contributed by atoms with van der Waals surface area (Å²) in [4.78, 5) is 0. The molecule has 0 heterocycles. The lowest BCUT2D eigenvalue weighted by atomic mass is 10.0. The Bertz CT molecular complexity index is 551. The van der Waals surface area contributed by atoms with Crippen molar-refractivity contribution in [2.24, 2.45) is 5.92 Å². The molecule has 0 bridgehead atoms. The maximum atomic E-state index is 12.3. The molecule has 0 amide bonds. The Balaban J connectivity index is 1.98. The van der Waals surface area contributed by atoms with Gasteiger partial charge in [0.1, 0.15) is 0 Å². The van der Waals surface area contributed by atoms with E-state index < -0.39 is 10.0 Å². The van der Waals surface area contributed by atoms with Gasteiger partial charge in [-0.1, -0.05) is 37.1 Å². The Morgan fingerprint density at radius 3 is 2.57 bits per heavy atom. The predicted octanol–water partition coefficient (Wildman–Crippen LogP) is 2.40. The highest BCUT2D eigenvalue weighted by molar-refractivity contribution is 7.88. The van der Waals surface area contributed by atoms with Gasteiger partial charge in [-0.15, -0.1) is 0 Å². The molecule has 2 rings (SSSR count). The fraction of sp³-hybridized carbons (Fsp3) is 0.625. The third-order valence-corrected chi connectivity index (χ3v) is 5.65. The van der Waals surface area contributed by atoms with Gasteiger partial charge in [0.05, 0.1) is 5.75 Å². The molecule has 1 aliphatic carbocycles. The van der Waals surface area contributed by atoms with Crippen molar-refractivity contribution in [3.8, 4) is 0 Å². The van der Waals surface area contributed by atoms with E-state index in [1.165, 1.54) is 12.8 Å². The Labute approximate surface area is 128 Å². The van der Waals surface area contributed by atoms with Crippen LogP contribution >= 0.6 is 0 Å². The number of sulfonamides is 1. The lowest BCUT2D eigenvalue weighted by Gasteiger charge is -2.20. The van der Waals surface area contributed by atoms with E-state index in [9.17, 15) is 8.42 Å². The quantitative estimate of drug-likeness (QED) is 0.813. The van der Waals surface area contributed by atoms with Crippen LogP contribution in [0.5, 0.6) is 0 Å². The van der Waals surface area contributed by atoms with E-state index in [-0.39, 0.29) is 11.8 Å². The highest BCUT2D eigenvalue weighted by Crippen LogP contribution is 2.28. The molecule has 0 spiro atoms. The lowest BCUT2D eigenvalue weighted by molar-refractivity contribution is 0.424. The lowest BCUT2D eigenvalue weighted by Crippen LogP contribution is -2.37. The SMILES string of the molecule is CNCc1cccc(CS(=O)(=O)NC(C)C2CCCC2)c1. The zero-order valence-electron chi connectivity index (χ0n) is 12.9. The summed E-state index contributed by atoms with van der Waals surface area (Å²) in [6.07, 6.45) is 4.73.